The van der Waals surface area contributed by atoms with E-state index >= 15 is 0 Å². The van der Waals surface area contributed by atoms with Gasteiger partial charge in [-0.3, -0.25) is 15.1 Å². The van der Waals surface area contributed by atoms with Crippen LogP contribution in [0.25, 0.3) is 0 Å². The summed E-state index contributed by atoms with van der Waals surface area (Å²) in [6, 6.07) is 7.79. The Hall–Kier alpha value is -1.99. The second-order valence-electron chi connectivity index (χ2n) is 4.33. The van der Waals surface area contributed by atoms with Crippen LogP contribution in [0.15, 0.2) is 41.1 Å². The van der Waals surface area contributed by atoms with Crippen LogP contribution < -0.4 is 5.32 Å². The van der Waals surface area contributed by atoms with Crippen LogP contribution >= 0.6 is 15.9 Å². The molecule has 0 saturated carbocycles. The van der Waals surface area contributed by atoms with Crippen molar-refractivity contribution in [2.24, 2.45) is 0 Å². The molecule has 0 aliphatic rings. The first-order valence-corrected chi connectivity index (χ1v) is 7.00. The molecular weight excluding hydrogens is 338 g/mol. The summed E-state index contributed by atoms with van der Waals surface area (Å²) < 4.78 is 5.71. The van der Waals surface area contributed by atoms with Gasteiger partial charge < -0.3 is 10.1 Å². The highest BCUT2D eigenvalue weighted by molar-refractivity contribution is 9.10. The van der Waals surface area contributed by atoms with Gasteiger partial charge in [0.25, 0.3) is 0 Å². The van der Waals surface area contributed by atoms with Crippen molar-refractivity contribution in [1.82, 2.24) is 4.98 Å². The minimum absolute atomic E-state index is 0.0615. The first kappa shape index (κ1) is 15.4. The van der Waals surface area contributed by atoms with Gasteiger partial charge in [0.2, 0.25) is 0 Å². The number of methoxy groups -OCH3 is 1. The predicted molar refractivity (Wildman–Crippen MR) is 83.1 cm³/mol. The molecule has 0 amide bonds. The second kappa shape index (κ2) is 7.14. The van der Waals surface area contributed by atoms with Gasteiger partial charge in [0.1, 0.15) is 11.9 Å². The lowest BCUT2D eigenvalue weighted by Crippen LogP contribution is -2.06. The highest BCUT2D eigenvalue weighted by atomic mass is 79.9. The molecule has 0 unspecified atom stereocenters. The molecule has 0 radical (unpaired) electrons. The minimum Gasteiger partial charge on any atom is -0.380 e. The third-order valence-corrected chi connectivity index (χ3v) is 3.55. The largest absolute Gasteiger partial charge is 0.380 e. The van der Waals surface area contributed by atoms with Gasteiger partial charge in [0.15, 0.2) is 0 Å². The summed E-state index contributed by atoms with van der Waals surface area (Å²) in [4.78, 5) is 14.4. The molecule has 0 spiro atoms. The van der Waals surface area contributed by atoms with Crippen molar-refractivity contribution in [2.75, 3.05) is 12.4 Å². The number of pyridine rings is 1. The normalized spacial score (nSPS) is 10.4. The Morgan fingerprint density at radius 1 is 1.33 bits per heavy atom. The van der Waals surface area contributed by atoms with Gasteiger partial charge in [-0.05, 0) is 27.1 Å². The third kappa shape index (κ3) is 3.77. The van der Waals surface area contributed by atoms with Gasteiger partial charge in [-0.2, -0.15) is 0 Å². The Kier molecular flexibility index (Phi) is 5.24. The molecule has 6 nitrogen and oxygen atoms in total. The van der Waals surface area contributed by atoms with Crippen molar-refractivity contribution in [1.29, 1.82) is 0 Å². The summed E-state index contributed by atoms with van der Waals surface area (Å²) in [7, 11) is 1.63. The monoisotopic (exact) mass is 351 g/mol. The number of hydrogen-bond donors (Lipinski definition) is 1. The Morgan fingerprint density at radius 3 is 2.71 bits per heavy atom. The molecule has 7 heteroatoms. The van der Waals surface area contributed by atoms with Crippen molar-refractivity contribution in [3.63, 3.8) is 0 Å². The average molecular weight is 352 g/mol. The minimum atomic E-state index is -0.457. The van der Waals surface area contributed by atoms with E-state index in [1.54, 1.807) is 7.11 Å². The summed E-state index contributed by atoms with van der Waals surface area (Å²) in [5.74, 6) is 0. The lowest BCUT2D eigenvalue weighted by molar-refractivity contribution is -0.384. The highest BCUT2D eigenvalue weighted by Crippen LogP contribution is 2.31. The number of hydrogen-bond acceptors (Lipinski definition) is 5. The molecule has 0 aliphatic carbocycles. The molecule has 1 aromatic carbocycles. The first-order valence-electron chi connectivity index (χ1n) is 6.21. The zero-order valence-corrected chi connectivity index (χ0v) is 13.0. The fourth-order valence-electron chi connectivity index (χ4n) is 1.95. The van der Waals surface area contributed by atoms with Gasteiger partial charge in [-0.15, -0.1) is 0 Å². The molecule has 21 heavy (non-hydrogen) atoms. The fraction of sp³-hybridized carbons (Fsp3) is 0.214. The van der Waals surface area contributed by atoms with E-state index in [2.05, 4.69) is 26.2 Å². The van der Waals surface area contributed by atoms with E-state index in [0.29, 0.717) is 23.3 Å². The van der Waals surface area contributed by atoms with Crippen molar-refractivity contribution in [3.8, 4) is 0 Å². The Morgan fingerprint density at radius 2 is 2.05 bits per heavy atom. The number of nitro groups is 1. The maximum atomic E-state index is 11.0. The molecule has 0 bridgehead atoms. The number of nitrogens with one attached hydrogen (secondary N) is 1. The van der Waals surface area contributed by atoms with E-state index in [9.17, 15) is 10.1 Å². The summed E-state index contributed by atoms with van der Waals surface area (Å²) in [6.45, 7) is 0.959. The maximum Gasteiger partial charge on any atom is 0.311 e. The molecule has 2 rings (SSSR count). The zero-order valence-electron chi connectivity index (χ0n) is 11.4. The van der Waals surface area contributed by atoms with E-state index in [4.69, 9.17) is 4.74 Å². The van der Waals surface area contributed by atoms with Crippen LogP contribution in [0.4, 0.5) is 11.4 Å². The van der Waals surface area contributed by atoms with E-state index in [-0.39, 0.29) is 5.69 Å². The average Bonchev–Trinajstić information content (AvgIpc) is 2.47. The highest BCUT2D eigenvalue weighted by Gasteiger charge is 2.17. The van der Waals surface area contributed by atoms with Crippen LogP contribution in [0.2, 0.25) is 0 Å². The molecule has 1 heterocycles. The maximum absolute atomic E-state index is 11.0. The topological polar surface area (TPSA) is 77.3 Å². The molecule has 0 aliphatic heterocycles. The Balaban J connectivity index is 2.23. The van der Waals surface area contributed by atoms with Crippen LogP contribution in [0, 0.1) is 10.1 Å². The molecule has 110 valence electrons. The number of halogens is 1. The quantitative estimate of drug-likeness (QED) is 0.636. The van der Waals surface area contributed by atoms with Gasteiger partial charge in [-0.1, -0.05) is 24.3 Å². The Labute approximate surface area is 130 Å². The van der Waals surface area contributed by atoms with Gasteiger partial charge >= 0.3 is 5.69 Å². The molecule has 0 atom stereocenters. The van der Waals surface area contributed by atoms with Gasteiger partial charge in [-0.25, -0.2) is 0 Å². The van der Waals surface area contributed by atoms with E-state index in [0.717, 1.165) is 11.1 Å². The summed E-state index contributed by atoms with van der Waals surface area (Å²) in [5, 5.41) is 14.1. The predicted octanol–water partition coefficient (Wildman–Crippen LogP) is 3.51. The Bertz CT molecular complexity index is 649. The van der Waals surface area contributed by atoms with Crippen molar-refractivity contribution in [3.05, 3.63) is 62.4 Å². The molecular formula is C14H14BrN3O3. The zero-order chi connectivity index (χ0) is 15.2. The summed E-state index contributed by atoms with van der Waals surface area (Å²) >= 11 is 3.28. The fourth-order valence-corrected chi connectivity index (χ4v) is 2.41. The molecule has 0 saturated heterocycles. The lowest BCUT2D eigenvalue weighted by Gasteiger charge is -2.12. The SMILES string of the molecule is COCc1ccccc1CNc1c(Br)cncc1[N+](=O)[O-]. The van der Waals surface area contributed by atoms with Crippen molar-refractivity contribution < 1.29 is 9.66 Å². The lowest BCUT2D eigenvalue weighted by atomic mass is 10.1. The van der Waals surface area contributed by atoms with E-state index in [1.165, 1.54) is 12.4 Å². The summed E-state index contributed by atoms with van der Waals surface area (Å²) in [5.41, 5.74) is 2.42. The number of nitrogens with zero attached hydrogens (tertiary/aromatic N) is 2. The third-order valence-electron chi connectivity index (χ3n) is 2.95. The van der Waals surface area contributed by atoms with Crippen molar-refractivity contribution >= 4 is 27.3 Å². The van der Waals surface area contributed by atoms with Gasteiger partial charge in [0, 0.05) is 19.9 Å². The van der Waals surface area contributed by atoms with Crippen molar-refractivity contribution in [2.45, 2.75) is 13.2 Å². The smallest absolute Gasteiger partial charge is 0.311 e. The molecule has 0 fully saturated rings. The number of aromatic nitrogens is 1. The van der Waals surface area contributed by atoms with Gasteiger partial charge in [0.05, 0.1) is 16.0 Å². The summed E-state index contributed by atoms with van der Waals surface area (Å²) in [6.07, 6.45) is 2.75. The number of rotatable bonds is 6. The van der Waals surface area contributed by atoms with E-state index in [1.807, 2.05) is 24.3 Å². The standard InChI is InChI=1S/C14H14BrN3O3/c1-21-9-11-5-3-2-4-10(11)6-17-14-12(15)7-16-8-13(14)18(19)20/h2-5,7-8H,6,9H2,1H3,(H,16,17). The number of anilines is 1. The molecule has 2 aromatic rings. The van der Waals surface area contributed by atoms with Crippen LogP contribution in [-0.4, -0.2) is 17.0 Å². The van der Waals surface area contributed by atoms with Crippen LogP contribution in [0.1, 0.15) is 11.1 Å². The van der Waals surface area contributed by atoms with E-state index < -0.39 is 4.92 Å². The van der Waals surface area contributed by atoms with Crippen LogP contribution in [0.5, 0.6) is 0 Å². The van der Waals surface area contributed by atoms with Crippen LogP contribution in [-0.2, 0) is 17.9 Å². The van der Waals surface area contributed by atoms with Crippen LogP contribution in [0.3, 0.4) is 0 Å². The number of ether oxygens (including phenoxy) is 1. The first-order chi connectivity index (χ1) is 10.1. The molecule has 1 aromatic heterocycles. The second-order valence-corrected chi connectivity index (χ2v) is 5.18. The number of benzene rings is 1. The molecule has 1 N–H and O–H groups in total.